The molecule has 0 radical (unpaired) electrons. The zero-order chi connectivity index (χ0) is 10.6. The van der Waals surface area contributed by atoms with Crippen molar-refractivity contribution in [2.24, 2.45) is 0 Å². The maximum atomic E-state index is 13.4. The summed E-state index contributed by atoms with van der Waals surface area (Å²) in [7, 11) is 1.31. The summed E-state index contributed by atoms with van der Waals surface area (Å²) in [6, 6.07) is 4.19. The third-order valence-electron chi connectivity index (χ3n) is 1.86. The van der Waals surface area contributed by atoms with E-state index in [1.165, 1.54) is 13.2 Å². The molecule has 0 bridgehead atoms. The first-order chi connectivity index (χ1) is 6.70. The second kappa shape index (κ2) is 4.56. The molecule has 0 heterocycles. The molecule has 1 aromatic rings. The molecule has 0 aliphatic rings. The molecule has 4 heteroatoms. The van der Waals surface area contributed by atoms with E-state index in [0.717, 1.165) is 6.07 Å². The van der Waals surface area contributed by atoms with Crippen molar-refractivity contribution >= 4 is 0 Å². The highest BCUT2D eigenvalue weighted by Crippen LogP contribution is 2.23. The van der Waals surface area contributed by atoms with Crippen LogP contribution in [-0.4, -0.2) is 7.11 Å². The highest BCUT2D eigenvalue weighted by Gasteiger charge is 2.13. The SMILES string of the molecule is COc1ccc(F)c(CCC#N)c1F. The van der Waals surface area contributed by atoms with Gasteiger partial charge in [-0.05, 0) is 18.6 Å². The third kappa shape index (κ3) is 1.99. The van der Waals surface area contributed by atoms with Crippen molar-refractivity contribution in [3.8, 4) is 11.8 Å². The molecule has 0 saturated carbocycles. The zero-order valence-corrected chi connectivity index (χ0v) is 7.68. The standard InChI is InChI=1S/C10H9F2NO/c1-14-9-5-4-8(11)7(10(9)12)3-2-6-13/h4-5H,2-3H2,1H3. The third-order valence-corrected chi connectivity index (χ3v) is 1.86. The average molecular weight is 197 g/mol. The van der Waals surface area contributed by atoms with Crippen LogP contribution >= 0.6 is 0 Å². The van der Waals surface area contributed by atoms with Gasteiger partial charge in [0.15, 0.2) is 11.6 Å². The normalized spacial score (nSPS) is 9.57. The van der Waals surface area contributed by atoms with E-state index in [9.17, 15) is 8.78 Å². The topological polar surface area (TPSA) is 33.0 Å². The Morgan fingerprint density at radius 3 is 2.71 bits per heavy atom. The van der Waals surface area contributed by atoms with Gasteiger partial charge in [0.2, 0.25) is 0 Å². The van der Waals surface area contributed by atoms with E-state index in [1.54, 1.807) is 0 Å². The van der Waals surface area contributed by atoms with Crippen LogP contribution in [0.5, 0.6) is 5.75 Å². The number of hydrogen-bond acceptors (Lipinski definition) is 2. The largest absolute Gasteiger partial charge is 0.494 e. The van der Waals surface area contributed by atoms with E-state index in [0.29, 0.717) is 0 Å². The average Bonchev–Trinajstić information content (AvgIpc) is 2.18. The molecule has 1 aromatic carbocycles. The lowest BCUT2D eigenvalue weighted by molar-refractivity contribution is 0.380. The number of ether oxygens (including phenoxy) is 1. The van der Waals surface area contributed by atoms with E-state index >= 15 is 0 Å². The Kier molecular flexibility index (Phi) is 3.41. The summed E-state index contributed by atoms with van der Waals surface area (Å²) in [5.41, 5.74) is -0.0918. The lowest BCUT2D eigenvalue weighted by Crippen LogP contribution is -1.98. The minimum atomic E-state index is -0.720. The molecule has 0 spiro atoms. The highest BCUT2D eigenvalue weighted by atomic mass is 19.1. The Balaban J connectivity index is 3.06. The van der Waals surface area contributed by atoms with Crippen molar-refractivity contribution in [3.05, 3.63) is 29.3 Å². The number of nitriles is 1. The summed E-state index contributed by atoms with van der Waals surface area (Å²) in [6.45, 7) is 0. The molecular formula is C10H9F2NO. The van der Waals surface area contributed by atoms with Crippen LogP contribution in [0.1, 0.15) is 12.0 Å². The number of rotatable bonds is 3. The summed E-state index contributed by atoms with van der Waals surface area (Å²) in [5.74, 6) is -1.36. The molecule has 1 rings (SSSR count). The molecule has 2 nitrogen and oxygen atoms in total. The predicted molar refractivity (Wildman–Crippen MR) is 46.8 cm³/mol. The van der Waals surface area contributed by atoms with Crippen LogP contribution in [0.4, 0.5) is 8.78 Å². The first-order valence-electron chi connectivity index (χ1n) is 4.08. The van der Waals surface area contributed by atoms with Crippen LogP contribution < -0.4 is 4.74 Å². The first kappa shape index (κ1) is 10.5. The van der Waals surface area contributed by atoms with Crippen molar-refractivity contribution in [2.75, 3.05) is 7.11 Å². The Hall–Kier alpha value is -1.63. The number of methoxy groups -OCH3 is 1. The monoisotopic (exact) mass is 197 g/mol. The lowest BCUT2D eigenvalue weighted by atomic mass is 10.1. The number of benzene rings is 1. The molecule has 0 aliphatic carbocycles. The molecule has 74 valence electrons. The Labute approximate surface area is 80.7 Å². The molecule has 0 N–H and O–H groups in total. The van der Waals surface area contributed by atoms with Gasteiger partial charge in [-0.15, -0.1) is 0 Å². The summed E-state index contributed by atoms with van der Waals surface area (Å²) >= 11 is 0. The summed E-state index contributed by atoms with van der Waals surface area (Å²) in [6.07, 6.45) is 0.145. The fourth-order valence-corrected chi connectivity index (χ4v) is 1.14. The minimum absolute atomic E-state index is 0.000611. The van der Waals surface area contributed by atoms with Gasteiger partial charge >= 0.3 is 0 Å². The fourth-order valence-electron chi connectivity index (χ4n) is 1.14. The zero-order valence-electron chi connectivity index (χ0n) is 7.68. The van der Waals surface area contributed by atoms with Gasteiger partial charge < -0.3 is 4.74 Å². The van der Waals surface area contributed by atoms with E-state index in [2.05, 4.69) is 0 Å². The van der Waals surface area contributed by atoms with Crippen molar-refractivity contribution < 1.29 is 13.5 Å². The van der Waals surface area contributed by atoms with Gasteiger partial charge in [-0.3, -0.25) is 0 Å². The summed E-state index contributed by atoms with van der Waals surface area (Å²) in [4.78, 5) is 0. The maximum Gasteiger partial charge on any atom is 0.171 e. The van der Waals surface area contributed by atoms with Crippen LogP contribution in [0.3, 0.4) is 0 Å². The van der Waals surface area contributed by atoms with Crippen LogP contribution in [0.15, 0.2) is 12.1 Å². The van der Waals surface area contributed by atoms with Gasteiger partial charge in [-0.2, -0.15) is 5.26 Å². The van der Waals surface area contributed by atoms with Crippen LogP contribution in [0.25, 0.3) is 0 Å². The van der Waals surface area contributed by atoms with Gasteiger partial charge in [-0.25, -0.2) is 8.78 Å². The first-order valence-corrected chi connectivity index (χ1v) is 4.08. The molecule has 0 atom stereocenters. The number of nitrogens with zero attached hydrogens (tertiary/aromatic N) is 1. The van der Waals surface area contributed by atoms with E-state index in [4.69, 9.17) is 10.00 Å². The molecule has 0 saturated heterocycles. The van der Waals surface area contributed by atoms with Gasteiger partial charge in [0.05, 0.1) is 13.2 Å². The molecule has 0 aromatic heterocycles. The van der Waals surface area contributed by atoms with Crippen molar-refractivity contribution in [1.82, 2.24) is 0 Å². The second-order valence-corrected chi connectivity index (χ2v) is 2.70. The maximum absolute atomic E-state index is 13.4. The fraction of sp³-hybridized carbons (Fsp3) is 0.300. The Morgan fingerprint density at radius 2 is 2.14 bits per heavy atom. The van der Waals surface area contributed by atoms with Crippen LogP contribution in [0, 0.1) is 23.0 Å². The molecule has 0 unspecified atom stereocenters. The smallest absolute Gasteiger partial charge is 0.171 e. The molecule has 14 heavy (non-hydrogen) atoms. The van der Waals surface area contributed by atoms with Gasteiger partial charge in [0, 0.05) is 12.0 Å². The Morgan fingerprint density at radius 1 is 1.43 bits per heavy atom. The lowest BCUT2D eigenvalue weighted by Gasteiger charge is -2.06. The van der Waals surface area contributed by atoms with Gasteiger partial charge in [-0.1, -0.05) is 0 Å². The van der Waals surface area contributed by atoms with Gasteiger partial charge in [0.1, 0.15) is 5.82 Å². The second-order valence-electron chi connectivity index (χ2n) is 2.70. The summed E-state index contributed by atoms with van der Waals surface area (Å²) in [5, 5.41) is 8.31. The predicted octanol–water partition coefficient (Wildman–Crippen LogP) is 2.43. The van der Waals surface area contributed by atoms with Crippen molar-refractivity contribution in [1.29, 1.82) is 5.26 Å². The molecular weight excluding hydrogens is 188 g/mol. The van der Waals surface area contributed by atoms with Gasteiger partial charge in [0.25, 0.3) is 0 Å². The number of halogens is 2. The number of hydrogen-bond donors (Lipinski definition) is 0. The van der Waals surface area contributed by atoms with Crippen LogP contribution in [0.2, 0.25) is 0 Å². The Bertz CT molecular complexity index is 371. The van der Waals surface area contributed by atoms with E-state index in [-0.39, 0.29) is 24.2 Å². The quantitative estimate of drug-likeness (QED) is 0.745. The molecule has 0 fully saturated rings. The molecule has 0 amide bonds. The van der Waals surface area contributed by atoms with E-state index < -0.39 is 11.6 Å². The van der Waals surface area contributed by atoms with Crippen molar-refractivity contribution in [2.45, 2.75) is 12.8 Å². The van der Waals surface area contributed by atoms with Crippen molar-refractivity contribution in [3.63, 3.8) is 0 Å². The van der Waals surface area contributed by atoms with Crippen LogP contribution in [-0.2, 0) is 6.42 Å². The van der Waals surface area contributed by atoms with E-state index in [1.807, 2.05) is 6.07 Å². The molecule has 0 aliphatic heterocycles. The highest BCUT2D eigenvalue weighted by molar-refractivity contribution is 5.32. The minimum Gasteiger partial charge on any atom is -0.494 e. The summed E-state index contributed by atoms with van der Waals surface area (Å²) < 4.78 is 31.2.